The summed E-state index contributed by atoms with van der Waals surface area (Å²) < 4.78 is 50.9. The van der Waals surface area contributed by atoms with Crippen LogP contribution in [0, 0.1) is 37.1 Å². The number of anilines is 4. The van der Waals surface area contributed by atoms with Crippen LogP contribution in [0.3, 0.4) is 0 Å². The van der Waals surface area contributed by atoms with E-state index in [0.717, 1.165) is 39.0 Å². The zero-order valence-corrected chi connectivity index (χ0v) is 39.4. The zero-order valence-electron chi connectivity index (χ0n) is 42.2. The minimum absolute atomic E-state index is 0. The third-order valence-corrected chi connectivity index (χ3v) is 11.9. The molecule has 7 heteroatoms. The number of para-hydroxylation sites is 3. The number of hydrogen-bond acceptors (Lipinski definition) is 5. The standard InChI is InChI=1S/C58H48N5O.Pt/c1-38-28-56(60-36-50(38)39-18-9-8-10-19-39)63-51-25-14-13-24-47(51)48-33-49(46-23-12-11-20-40(46)35-59)55(34-54(48)63)64-45-22-17-21-43(32-45)61-37-62(53-27-16-15-26-52(53)61)44-30-41(57(2,3)4)29-42(31-44)58(5,6)7;/h8-31,33,36-37H,1-7H3;/q-3;/i8D,9D,10D,18D,19D;. The summed E-state index contributed by atoms with van der Waals surface area (Å²) in [5.41, 5.74) is 10.8. The predicted octanol–water partition coefficient (Wildman–Crippen LogP) is 15.1. The maximum absolute atomic E-state index is 10.4. The van der Waals surface area contributed by atoms with Crippen molar-refractivity contribution in [3.8, 4) is 45.6 Å². The Morgan fingerprint density at radius 1 is 0.692 bits per heavy atom. The van der Waals surface area contributed by atoms with E-state index in [4.69, 9.17) is 16.6 Å². The van der Waals surface area contributed by atoms with Gasteiger partial charge in [-0.05, 0) is 87.9 Å². The molecule has 0 radical (unpaired) electrons. The quantitative estimate of drug-likeness (QED) is 0.149. The Morgan fingerprint density at radius 2 is 1.37 bits per heavy atom. The Hall–Kier alpha value is -6.93. The molecule has 0 spiro atoms. The van der Waals surface area contributed by atoms with E-state index < -0.39 is 18.1 Å². The first-order valence-corrected chi connectivity index (χ1v) is 21.3. The van der Waals surface area contributed by atoms with Gasteiger partial charge in [0.2, 0.25) is 0 Å². The molecule has 65 heavy (non-hydrogen) atoms. The van der Waals surface area contributed by atoms with Crippen molar-refractivity contribution >= 4 is 44.6 Å². The summed E-state index contributed by atoms with van der Waals surface area (Å²) in [6.45, 7) is 17.4. The number of pyridine rings is 1. The normalized spacial score (nSPS) is 13.7. The molecule has 324 valence electrons. The molecule has 0 atom stereocenters. The molecule has 2 aromatic heterocycles. The summed E-state index contributed by atoms with van der Waals surface area (Å²) in [5, 5.41) is 12.1. The van der Waals surface area contributed by atoms with Crippen LogP contribution in [0.2, 0.25) is 0 Å². The van der Waals surface area contributed by atoms with E-state index in [0.29, 0.717) is 50.7 Å². The van der Waals surface area contributed by atoms with E-state index in [2.05, 4.69) is 113 Å². The van der Waals surface area contributed by atoms with Gasteiger partial charge in [-0.1, -0.05) is 143 Å². The molecule has 0 amide bonds. The molecule has 9 aromatic rings. The number of ether oxygens (including phenoxy) is 1. The molecule has 0 fully saturated rings. The van der Waals surface area contributed by atoms with Crippen molar-refractivity contribution in [3.05, 3.63) is 199 Å². The Bertz CT molecular complexity index is 3540. The maximum Gasteiger partial charge on any atom is 0.135 e. The van der Waals surface area contributed by atoms with Crippen LogP contribution in [-0.4, -0.2) is 9.55 Å². The second-order valence-electron chi connectivity index (χ2n) is 18.3. The van der Waals surface area contributed by atoms with Crippen molar-refractivity contribution in [2.24, 2.45) is 0 Å². The molecule has 0 aliphatic carbocycles. The van der Waals surface area contributed by atoms with Gasteiger partial charge in [0.15, 0.2) is 0 Å². The van der Waals surface area contributed by atoms with Gasteiger partial charge in [0, 0.05) is 72.5 Å². The second kappa shape index (κ2) is 16.9. The van der Waals surface area contributed by atoms with Crippen molar-refractivity contribution in [1.29, 1.82) is 5.26 Å². The molecule has 0 unspecified atom stereocenters. The van der Waals surface area contributed by atoms with Crippen LogP contribution in [0.5, 0.6) is 11.5 Å². The predicted molar refractivity (Wildman–Crippen MR) is 262 cm³/mol. The summed E-state index contributed by atoms with van der Waals surface area (Å²) in [6, 6.07) is 48.1. The first-order valence-electron chi connectivity index (χ1n) is 23.8. The van der Waals surface area contributed by atoms with Gasteiger partial charge in [-0.2, -0.15) is 17.4 Å². The van der Waals surface area contributed by atoms with Gasteiger partial charge in [0.05, 0.1) is 12.9 Å². The van der Waals surface area contributed by atoms with Gasteiger partial charge in [0.25, 0.3) is 0 Å². The van der Waals surface area contributed by atoms with Crippen LogP contribution < -0.4 is 14.5 Å². The smallest absolute Gasteiger partial charge is 0.135 e. The van der Waals surface area contributed by atoms with Crippen LogP contribution in [0.1, 0.15) is 70.7 Å². The van der Waals surface area contributed by atoms with Crippen LogP contribution in [0.25, 0.3) is 49.9 Å². The van der Waals surface area contributed by atoms with Gasteiger partial charge >= 0.3 is 0 Å². The molecule has 0 saturated heterocycles. The van der Waals surface area contributed by atoms with E-state index in [9.17, 15) is 5.26 Å². The topological polar surface area (TPSA) is 57.3 Å². The van der Waals surface area contributed by atoms with E-state index in [-0.39, 0.29) is 49.5 Å². The summed E-state index contributed by atoms with van der Waals surface area (Å²) in [4.78, 5) is 9.25. The Balaban J connectivity index is 0.00000608. The number of hydrogen-bond donors (Lipinski definition) is 0. The van der Waals surface area contributed by atoms with Gasteiger partial charge in [-0.15, -0.1) is 42.0 Å². The second-order valence-corrected chi connectivity index (χ2v) is 18.3. The van der Waals surface area contributed by atoms with Gasteiger partial charge in [-0.25, -0.2) is 4.98 Å². The molecule has 0 bridgehead atoms. The summed E-state index contributed by atoms with van der Waals surface area (Å²) >= 11 is 0. The number of aryl methyl sites for hydroxylation is 1. The molecule has 6 nitrogen and oxygen atoms in total. The molecule has 3 heterocycles. The van der Waals surface area contributed by atoms with Crippen LogP contribution in [0.15, 0.2) is 158 Å². The Kier molecular flexibility index (Phi) is 9.73. The summed E-state index contributed by atoms with van der Waals surface area (Å²) in [6.07, 6.45) is 1.56. The molecule has 0 saturated carbocycles. The van der Waals surface area contributed by atoms with Crippen molar-refractivity contribution in [2.75, 3.05) is 9.80 Å². The molecule has 1 aliphatic heterocycles. The average Bonchev–Trinajstić information content (AvgIpc) is 3.88. The van der Waals surface area contributed by atoms with Crippen LogP contribution >= 0.6 is 0 Å². The summed E-state index contributed by atoms with van der Waals surface area (Å²) in [7, 11) is 0. The number of rotatable bonds is 7. The van der Waals surface area contributed by atoms with Gasteiger partial charge < -0.3 is 19.1 Å². The summed E-state index contributed by atoms with van der Waals surface area (Å²) in [5.74, 6) is 1.34. The maximum atomic E-state index is 10.4. The monoisotopic (exact) mass is 1030 g/mol. The van der Waals surface area contributed by atoms with E-state index in [1.54, 1.807) is 12.3 Å². The largest absolute Gasteiger partial charge is 0.509 e. The first kappa shape index (κ1) is 37.4. The Morgan fingerprint density at radius 3 is 2.08 bits per heavy atom. The fraction of sp³-hybridized carbons (Fsp3) is 0.155. The molecule has 0 N–H and O–H groups in total. The number of nitriles is 1. The minimum atomic E-state index is -0.449. The molecular formula is C58H48N5OPt-3. The Labute approximate surface area is 403 Å². The number of benzene rings is 7. The van der Waals surface area contributed by atoms with Crippen LogP contribution in [-0.2, 0) is 31.9 Å². The molecule has 1 aliphatic rings. The van der Waals surface area contributed by atoms with Crippen LogP contribution in [0.4, 0.5) is 22.7 Å². The molecule has 7 aromatic carbocycles. The van der Waals surface area contributed by atoms with E-state index in [1.165, 1.54) is 11.1 Å². The fourth-order valence-corrected chi connectivity index (χ4v) is 8.43. The third kappa shape index (κ3) is 8.00. The number of nitrogens with zero attached hydrogens (tertiary/aromatic N) is 5. The van der Waals surface area contributed by atoms with Gasteiger partial charge in [-0.3, -0.25) is 0 Å². The van der Waals surface area contributed by atoms with E-state index in [1.807, 2.05) is 90.4 Å². The number of fused-ring (bicyclic) bond motifs is 4. The zero-order chi connectivity index (χ0) is 48.7. The minimum Gasteiger partial charge on any atom is -0.509 e. The van der Waals surface area contributed by atoms with Crippen molar-refractivity contribution in [2.45, 2.75) is 59.3 Å². The third-order valence-electron chi connectivity index (χ3n) is 11.9. The number of aromatic nitrogens is 2. The van der Waals surface area contributed by atoms with Crippen molar-refractivity contribution < 1.29 is 32.7 Å². The van der Waals surface area contributed by atoms with Gasteiger partial charge in [0.1, 0.15) is 5.82 Å². The van der Waals surface area contributed by atoms with Crippen molar-refractivity contribution in [1.82, 2.24) is 9.55 Å². The fourth-order valence-electron chi connectivity index (χ4n) is 8.43. The molecular weight excluding hydrogens is 978 g/mol. The average molecular weight is 1030 g/mol. The molecule has 10 rings (SSSR count). The van der Waals surface area contributed by atoms with E-state index >= 15 is 0 Å². The van der Waals surface area contributed by atoms with Crippen molar-refractivity contribution in [3.63, 3.8) is 0 Å². The first-order chi connectivity index (χ1) is 32.9. The SMILES string of the molecule is [2H]c1c([2H])c([2H])c(-c2cnc(-n3c4[c-]c(Oc5[c-]c(N6[CH-]N(c7cc(C(C)(C)C)cc(C(C)(C)C)c7)c7ccccc76)ccc5)c(-c5ccccc5C#N)cc4c4ccccc43)cc2C)c([2H])c1[2H].[Pt].